The molecule has 0 aliphatic heterocycles. The van der Waals surface area contributed by atoms with Crippen LogP contribution < -0.4 is 5.32 Å². The van der Waals surface area contributed by atoms with Crippen LogP contribution >= 0.6 is 11.6 Å². The fourth-order valence-corrected chi connectivity index (χ4v) is 1.18. The first-order valence-electron chi connectivity index (χ1n) is 5.15. The highest BCUT2D eigenvalue weighted by Crippen LogP contribution is 2.07. The van der Waals surface area contributed by atoms with Crippen molar-refractivity contribution >= 4 is 23.6 Å². The van der Waals surface area contributed by atoms with Crippen LogP contribution in [0.5, 0.6) is 0 Å². The van der Waals surface area contributed by atoms with Crippen molar-refractivity contribution in [1.82, 2.24) is 10.3 Å². The van der Waals surface area contributed by atoms with Gasteiger partial charge in [-0.3, -0.25) is 4.79 Å². The lowest BCUT2D eigenvalue weighted by molar-refractivity contribution is -0.118. The molecule has 4 nitrogen and oxygen atoms in total. The molecule has 0 aliphatic rings. The Labute approximate surface area is 105 Å². The number of hydrogen-bond acceptors (Lipinski definition) is 3. The molecule has 0 unspecified atom stereocenters. The molecule has 2 N–H and O–H groups in total. The summed E-state index contributed by atoms with van der Waals surface area (Å²) in [6.45, 7) is 3.36. The minimum absolute atomic E-state index is 0.116. The SMILES string of the molecule is CC(C)(CO)NC(=O)/C=C/c1ccc(Cl)nc1. The van der Waals surface area contributed by atoms with Crippen molar-refractivity contribution in [2.45, 2.75) is 19.4 Å². The summed E-state index contributed by atoms with van der Waals surface area (Å²) in [5.74, 6) is -0.265. The molecule has 0 bridgehead atoms. The quantitative estimate of drug-likeness (QED) is 0.634. The number of nitrogens with one attached hydrogen (secondary N) is 1. The summed E-state index contributed by atoms with van der Waals surface area (Å²) < 4.78 is 0. The number of pyridine rings is 1. The van der Waals surface area contributed by atoms with E-state index in [-0.39, 0.29) is 12.5 Å². The van der Waals surface area contributed by atoms with Crippen LogP contribution in [0.4, 0.5) is 0 Å². The summed E-state index contributed by atoms with van der Waals surface area (Å²) in [5.41, 5.74) is 0.158. The van der Waals surface area contributed by atoms with Crippen molar-refractivity contribution in [3.05, 3.63) is 35.1 Å². The van der Waals surface area contributed by atoms with Crippen molar-refractivity contribution in [3.63, 3.8) is 0 Å². The lowest BCUT2D eigenvalue weighted by Gasteiger charge is -2.22. The molecular weight excluding hydrogens is 240 g/mol. The Bertz CT molecular complexity index is 413. The number of amides is 1. The number of nitrogens with zero attached hydrogens (tertiary/aromatic N) is 1. The number of hydrogen-bond donors (Lipinski definition) is 2. The summed E-state index contributed by atoms with van der Waals surface area (Å²) >= 11 is 5.64. The van der Waals surface area contributed by atoms with E-state index < -0.39 is 5.54 Å². The highest BCUT2D eigenvalue weighted by molar-refractivity contribution is 6.29. The standard InChI is InChI=1S/C12H15ClN2O2/c1-12(2,8-16)15-11(17)6-4-9-3-5-10(13)14-7-9/h3-7,16H,8H2,1-2H3,(H,15,17)/b6-4+. The second-order valence-electron chi connectivity index (χ2n) is 4.28. The van der Waals surface area contributed by atoms with E-state index in [0.717, 1.165) is 5.56 Å². The van der Waals surface area contributed by atoms with Crippen LogP contribution in [0.3, 0.4) is 0 Å². The number of halogens is 1. The summed E-state index contributed by atoms with van der Waals surface area (Å²) in [5, 5.41) is 12.1. The number of aromatic nitrogens is 1. The maximum absolute atomic E-state index is 11.5. The van der Waals surface area contributed by atoms with Gasteiger partial charge in [0.1, 0.15) is 5.15 Å². The molecule has 17 heavy (non-hydrogen) atoms. The van der Waals surface area contributed by atoms with E-state index >= 15 is 0 Å². The molecule has 0 aliphatic carbocycles. The summed E-state index contributed by atoms with van der Waals surface area (Å²) in [7, 11) is 0. The molecule has 1 heterocycles. The van der Waals surface area contributed by atoms with Crippen molar-refractivity contribution < 1.29 is 9.90 Å². The van der Waals surface area contributed by atoms with E-state index in [1.165, 1.54) is 6.08 Å². The summed E-state index contributed by atoms with van der Waals surface area (Å²) in [6.07, 6.45) is 4.59. The largest absolute Gasteiger partial charge is 0.394 e. The third kappa shape index (κ3) is 4.97. The highest BCUT2D eigenvalue weighted by Gasteiger charge is 2.17. The Hall–Kier alpha value is -1.39. The zero-order chi connectivity index (χ0) is 12.9. The lowest BCUT2D eigenvalue weighted by Crippen LogP contribution is -2.45. The third-order valence-electron chi connectivity index (χ3n) is 2.03. The highest BCUT2D eigenvalue weighted by atomic mass is 35.5. The zero-order valence-electron chi connectivity index (χ0n) is 9.77. The normalized spacial score (nSPS) is 11.8. The van der Waals surface area contributed by atoms with Gasteiger partial charge < -0.3 is 10.4 Å². The number of aliphatic hydroxyl groups excluding tert-OH is 1. The first-order valence-corrected chi connectivity index (χ1v) is 5.53. The van der Waals surface area contributed by atoms with Gasteiger partial charge in [0.2, 0.25) is 5.91 Å². The van der Waals surface area contributed by atoms with Crippen LogP contribution in [-0.2, 0) is 4.79 Å². The average Bonchev–Trinajstić information content (AvgIpc) is 2.28. The van der Waals surface area contributed by atoms with Gasteiger partial charge in [-0.1, -0.05) is 17.7 Å². The molecule has 0 radical (unpaired) electrons. The molecule has 1 aromatic rings. The molecule has 0 saturated heterocycles. The summed E-state index contributed by atoms with van der Waals surface area (Å²) in [4.78, 5) is 15.4. The van der Waals surface area contributed by atoms with Crippen molar-refractivity contribution in [3.8, 4) is 0 Å². The molecule has 5 heteroatoms. The maximum atomic E-state index is 11.5. The van der Waals surface area contributed by atoms with Gasteiger partial charge in [0.25, 0.3) is 0 Å². The predicted octanol–water partition coefficient (Wildman–Crippen LogP) is 1.64. The molecule has 0 aromatic carbocycles. The van der Waals surface area contributed by atoms with Gasteiger partial charge in [0.15, 0.2) is 0 Å². The van der Waals surface area contributed by atoms with Crippen molar-refractivity contribution in [1.29, 1.82) is 0 Å². The molecule has 1 rings (SSSR count). The van der Waals surface area contributed by atoms with Gasteiger partial charge in [0, 0.05) is 12.3 Å². The first-order chi connectivity index (χ1) is 7.93. The Balaban J connectivity index is 2.60. The van der Waals surface area contributed by atoms with Crippen LogP contribution in [0.2, 0.25) is 5.15 Å². The Morgan fingerprint density at radius 1 is 1.59 bits per heavy atom. The van der Waals surface area contributed by atoms with E-state index in [2.05, 4.69) is 10.3 Å². The number of rotatable bonds is 4. The minimum atomic E-state index is -0.625. The Morgan fingerprint density at radius 3 is 2.82 bits per heavy atom. The van der Waals surface area contributed by atoms with E-state index in [9.17, 15) is 4.79 Å². The molecule has 0 saturated carbocycles. The lowest BCUT2D eigenvalue weighted by atomic mass is 10.1. The monoisotopic (exact) mass is 254 g/mol. The van der Waals surface area contributed by atoms with Crippen molar-refractivity contribution in [2.75, 3.05) is 6.61 Å². The number of aliphatic hydroxyl groups is 1. The van der Waals surface area contributed by atoms with Crippen LogP contribution in [0.1, 0.15) is 19.4 Å². The van der Waals surface area contributed by atoms with Crippen LogP contribution in [-0.4, -0.2) is 28.1 Å². The smallest absolute Gasteiger partial charge is 0.244 e. The maximum Gasteiger partial charge on any atom is 0.244 e. The molecule has 1 amide bonds. The fraction of sp³-hybridized carbons (Fsp3) is 0.333. The second kappa shape index (κ2) is 5.80. The van der Waals surface area contributed by atoms with Crippen LogP contribution in [0.15, 0.2) is 24.4 Å². The molecule has 1 aromatic heterocycles. The molecular formula is C12H15ClN2O2. The average molecular weight is 255 g/mol. The van der Waals surface area contributed by atoms with Gasteiger partial charge in [-0.15, -0.1) is 0 Å². The zero-order valence-corrected chi connectivity index (χ0v) is 10.5. The fourth-order valence-electron chi connectivity index (χ4n) is 1.07. The Morgan fingerprint density at radius 2 is 2.29 bits per heavy atom. The predicted molar refractivity (Wildman–Crippen MR) is 67.6 cm³/mol. The van der Waals surface area contributed by atoms with Gasteiger partial charge in [-0.05, 0) is 31.6 Å². The Kier molecular flexibility index (Phi) is 4.66. The molecule has 0 atom stereocenters. The molecule has 0 spiro atoms. The van der Waals surface area contributed by atoms with Crippen LogP contribution in [0, 0.1) is 0 Å². The minimum Gasteiger partial charge on any atom is -0.394 e. The third-order valence-corrected chi connectivity index (χ3v) is 2.26. The van der Waals surface area contributed by atoms with Gasteiger partial charge in [0.05, 0.1) is 12.1 Å². The van der Waals surface area contributed by atoms with Crippen LogP contribution in [0.25, 0.3) is 6.08 Å². The van der Waals surface area contributed by atoms with E-state index in [0.29, 0.717) is 5.15 Å². The number of carbonyl (C=O) groups is 1. The first kappa shape index (κ1) is 13.7. The summed E-state index contributed by atoms with van der Waals surface area (Å²) in [6, 6.07) is 3.41. The topological polar surface area (TPSA) is 62.2 Å². The van der Waals surface area contributed by atoms with Crippen molar-refractivity contribution in [2.24, 2.45) is 0 Å². The molecule has 92 valence electrons. The van der Waals surface area contributed by atoms with E-state index in [1.807, 2.05) is 0 Å². The number of carbonyl (C=O) groups excluding carboxylic acids is 1. The van der Waals surface area contributed by atoms with Gasteiger partial charge in [-0.2, -0.15) is 0 Å². The van der Waals surface area contributed by atoms with Gasteiger partial charge >= 0.3 is 0 Å². The molecule has 0 fully saturated rings. The second-order valence-corrected chi connectivity index (χ2v) is 4.67. The van der Waals surface area contributed by atoms with E-state index in [4.69, 9.17) is 16.7 Å². The van der Waals surface area contributed by atoms with E-state index in [1.54, 1.807) is 38.3 Å². The van der Waals surface area contributed by atoms with Gasteiger partial charge in [-0.25, -0.2) is 4.98 Å².